The summed E-state index contributed by atoms with van der Waals surface area (Å²) < 4.78 is 36.9. The fourth-order valence-corrected chi connectivity index (χ4v) is 5.19. The van der Waals surface area contributed by atoms with Gasteiger partial charge in [-0.3, -0.25) is 9.69 Å². The van der Waals surface area contributed by atoms with E-state index in [1.807, 2.05) is 30.3 Å². The summed E-state index contributed by atoms with van der Waals surface area (Å²) in [6.45, 7) is 3.84. The van der Waals surface area contributed by atoms with Crippen LogP contribution < -0.4 is 4.74 Å². The van der Waals surface area contributed by atoms with Gasteiger partial charge in [-0.2, -0.15) is 4.31 Å². The maximum atomic E-state index is 12.5. The molecular formula is C18H25N3O5S. The normalized spacial score (nSPS) is 25.7. The molecule has 0 radical (unpaired) electrons. The number of hydrogen-bond acceptors (Lipinski definition) is 6. The third-order valence-electron chi connectivity index (χ3n) is 5.62. The minimum absolute atomic E-state index is 0.0115. The van der Waals surface area contributed by atoms with Gasteiger partial charge in [-0.25, -0.2) is 8.42 Å². The number of sulfonamides is 1. The van der Waals surface area contributed by atoms with Crippen molar-refractivity contribution in [3.8, 4) is 5.75 Å². The van der Waals surface area contributed by atoms with Crippen LogP contribution in [0, 0.1) is 0 Å². The number of carbonyl (C=O) groups is 1. The molecule has 0 aromatic heterocycles. The van der Waals surface area contributed by atoms with E-state index < -0.39 is 10.0 Å². The predicted octanol–water partition coefficient (Wildman–Crippen LogP) is -0.378. The van der Waals surface area contributed by atoms with Crippen molar-refractivity contribution in [2.75, 3.05) is 58.8 Å². The fraction of sp³-hybridized carbons (Fsp3) is 0.611. The molecule has 4 rings (SSSR count). The van der Waals surface area contributed by atoms with Crippen molar-refractivity contribution in [3.63, 3.8) is 0 Å². The Labute approximate surface area is 159 Å². The lowest BCUT2D eigenvalue weighted by Gasteiger charge is -2.62. The molecule has 0 saturated carbocycles. The Kier molecular flexibility index (Phi) is 4.87. The zero-order valence-electron chi connectivity index (χ0n) is 15.4. The van der Waals surface area contributed by atoms with Gasteiger partial charge in [0, 0.05) is 38.8 Å². The SMILES string of the molecule is CS(=O)(=O)N1CC2COCCN2C2(CN(C(=O)COc3ccccc3)C2)C1. The average Bonchev–Trinajstić information content (AvgIpc) is 2.63. The number of rotatable bonds is 4. The van der Waals surface area contributed by atoms with Crippen molar-refractivity contribution in [1.29, 1.82) is 0 Å². The topological polar surface area (TPSA) is 79.4 Å². The van der Waals surface area contributed by atoms with Gasteiger partial charge < -0.3 is 14.4 Å². The zero-order valence-corrected chi connectivity index (χ0v) is 16.2. The molecule has 1 spiro atoms. The van der Waals surface area contributed by atoms with Crippen molar-refractivity contribution >= 4 is 15.9 Å². The highest BCUT2D eigenvalue weighted by atomic mass is 32.2. The number of fused-ring (bicyclic) bond motifs is 2. The highest BCUT2D eigenvalue weighted by Crippen LogP contribution is 2.36. The van der Waals surface area contributed by atoms with Crippen molar-refractivity contribution in [2.24, 2.45) is 0 Å². The monoisotopic (exact) mass is 395 g/mol. The first-order valence-electron chi connectivity index (χ1n) is 9.13. The molecule has 1 aromatic rings. The van der Waals surface area contributed by atoms with E-state index in [1.165, 1.54) is 10.6 Å². The van der Waals surface area contributed by atoms with Gasteiger partial charge in [0.1, 0.15) is 5.75 Å². The molecule has 3 fully saturated rings. The summed E-state index contributed by atoms with van der Waals surface area (Å²) in [5.74, 6) is 0.584. The fourth-order valence-electron chi connectivity index (χ4n) is 4.28. The molecule has 1 unspecified atom stereocenters. The van der Waals surface area contributed by atoms with E-state index >= 15 is 0 Å². The molecule has 1 amide bonds. The number of amides is 1. The zero-order chi connectivity index (χ0) is 19.1. The Hall–Kier alpha value is -1.68. The first-order valence-corrected chi connectivity index (χ1v) is 11.0. The quantitative estimate of drug-likeness (QED) is 0.692. The van der Waals surface area contributed by atoms with Gasteiger partial charge in [-0.15, -0.1) is 0 Å². The van der Waals surface area contributed by atoms with E-state index in [1.54, 1.807) is 4.90 Å². The number of piperazine rings is 1. The number of benzene rings is 1. The second kappa shape index (κ2) is 7.05. The molecule has 1 atom stereocenters. The van der Waals surface area contributed by atoms with Crippen molar-refractivity contribution < 1.29 is 22.7 Å². The summed E-state index contributed by atoms with van der Waals surface area (Å²) in [5, 5.41) is 0. The van der Waals surface area contributed by atoms with Crippen LogP contribution in [0.3, 0.4) is 0 Å². The molecule has 3 saturated heterocycles. The standard InChI is InChI=1S/C18H25N3O5S/c1-27(23,24)20-9-15-10-25-8-7-21(15)18(14-20)12-19(13-18)17(22)11-26-16-5-3-2-4-6-16/h2-6,15H,7-14H2,1H3. The number of nitrogens with zero attached hydrogens (tertiary/aromatic N) is 3. The van der Waals surface area contributed by atoms with Crippen LogP contribution in [0.4, 0.5) is 0 Å². The Bertz CT molecular complexity index is 794. The molecular weight excluding hydrogens is 370 g/mol. The second-order valence-corrected chi connectivity index (χ2v) is 9.54. The molecule has 27 heavy (non-hydrogen) atoms. The molecule has 3 aliphatic heterocycles. The molecule has 148 valence electrons. The summed E-state index contributed by atoms with van der Waals surface area (Å²) in [7, 11) is -3.28. The molecule has 0 bridgehead atoms. The Morgan fingerprint density at radius 2 is 2.00 bits per heavy atom. The number of carbonyl (C=O) groups excluding carboxylic acids is 1. The second-order valence-electron chi connectivity index (χ2n) is 7.55. The molecule has 9 heteroatoms. The van der Waals surface area contributed by atoms with Gasteiger partial charge in [0.25, 0.3) is 5.91 Å². The lowest BCUT2D eigenvalue weighted by molar-refractivity contribution is -0.171. The number of morpholine rings is 1. The van der Waals surface area contributed by atoms with Crippen LogP contribution >= 0.6 is 0 Å². The van der Waals surface area contributed by atoms with Crippen LogP contribution in [0.2, 0.25) is 0 Å². The molecule has 0 aliphatic carbocycles. The number of ether oxygens (including phenoxy) is 2. The van der Waals surface area contributed by atoms with Crippen LogP contribution in [0.25, 0.3) is 0 Å². The Balaban J connectivity index is 1.41. The van der Waals surface area contributed by atoms with Crippen LogP contribution in [-0.4, -0.2) is 98.8 Å². The van der Waals surface area contributed by atoms with E-state index in [4.69, 9.17) is 9.47 Å². The van der Waals surface area contributed by atoms with Crippen molar-refractivity contribution in [1.82, 2.24) is 14.1 Å². The van der Waals surface area contributed by atoms with Crippen LogP contribution in [0.1, 0.15) is 0 Å². The number of para-hydroxylation sites is 1. The summed E-state index contributed by atoms with van der Waals surface area (Å²) in [4.78, 5) is 16.6. The number of likely N-dealkylation sites (tertiary alicyclic amines) is 1. The van der Waals surface area contributed by atoms with Crippen molar-refractivity contribution in [2.45, 2.75) is 11.6 Å². The molecule has 3 aliphatic rings. The van der Waals surface area contributed by atoms with Gasteiger partial charge in [-0.1, -0.05) is 18.2 Å². The van der Waals surface area contributed by atoms with Crippen LogP contribution in [0.5, 0.6) is 5.75 Å². The summed E-state index contributed by atoms with van der Waals surface area (Å²) in [6, 6.07) is 9.28. The number of hydrogen-bond donors (Lipinski definition) is 0. The van der Waals surface area contributed by atoms with E-state index in [-0.39, 0.29) is 24.1 Å². The maximum Gasteiger partial charge on any atom is 0.260 e. The lowest BCUT2D eigenvalue weighted by atomic mass is 9.83. The van der Waals surface area contributed by atoms with Crippen molar-refractivity contribution in [3.05, 3.63) is 30.3 Å². The van der Waals surface area contributed by atoms with Crippen LogP contribution in [0.15, 0.2) is 30.3 Å². The summed E-state index contributed by atoms with van der Waals surface area (Å²) in [5.41, 5.74) is -0.321. The average molecular weight is 395 g/mol. The molecule has 8 nitrogen and oxygen atoms in total. The highest BCUT2D eigenvalue weighted by molar-refractivity contribution is 7.88. The molecule has 0 N–H and O–H groups in total. The third kappa shape index (κ3) is 3.69. The van der Waals surface area contributed by atoms with Crippen LogP contribution in [-0.2, 0) is 19.6 Å². The minimum atomic E-state index is -3.28. The van der Waals surface area contributed by atoms with E-state index in [2.05, 4.69) is 4.90 Å². The first-order chi connectivity index (χ1) is 12.9. The van der Waals surface area contributed by atoms with Gasteiger partial charge >= 0.3 is 0 Å². The first kappa shape index (κ1) is 18.7. The van der Waals surface area contributed by atoms with Gasteiger partial charge in [0.2, 0.25) is 10.0 Å². The van der Waals surface area contributed by atoms with E-state index in [0.29, 0.717) is 45.1 Å². The summed E-state index contributed by atoms with van der Waals surface area (Å²) >= 11 is 0. The van der Waals surface area contributed by atoms with Gasteiger partial charge in [0.15, 0.2) is 6.61 Å². The maximum absolute atomic E-state index is 12.5. The predicted molar refractivity (Wildman–Crippen MR) is 99.0 cm³/mol. The lowest BCUT2D eigenvalue weighted by Crippen LogP contribution is -2.81. The van der Waals surface area contributed by atoms with Gasteiger partial charge in [-0.05, 0) is 12.1 Å². The third-order valence-corrected chi connectivity index (χ3v) is 6.84. The van der Waals surface area contributed by atoms with Gasteiger partial charge in [0.05, 0.1) is 25.0 Å². The van der Waals surface area contributed by atoms with E-state index in [9.17, 15) is 13.2 Å². The highest BCUT2D eigenvalue weighted by Gasteiger charge is 2.56. The van der Waals surface area contributed by atoms with E-state index in [0.717, 1.165) is 6.54 Å². The minimum Gasteiger partial charge on any atom is -0.484 e. The largest absolute Gasteiger partial charge is 0.484 e. The Morgan fingerprint density at radius 1 is 1.26 bits per heavy atom. The smallest absolute Gasteiger partial charge is 0.260 e. The Morgan fingerprint density at radius 3 is 2.70 bits per heavy atom. The molecule has 1 aromatic carbocycles. The summed E-state index contributed by atoms with van der Waals surface area (Å²) in [6.07, 6.45) is 1.25. The molecule has 3 heterocycles.